The number of carbonyl (C=O) groups is 2. The molecule has 1 saturated carbocycles. The zero-order valence-corrected chi connectivity index (χ0v) is 12.8. The summed E-state index contributed by atoms with van der Waals surface area (Å²) in [6.45, 7) is 0.215. The van der Waals surface area contributed by atoms with Crippen LogP contribution < -0.4 is 5.32 Å². The Morgan fingerprint density at radius 2 is 1.86 bits per heavy atom. The van der Waals surface area contributed by atoms with Crippen LogP contribution in [-0.4, -0.2) is 29.2 Å². The number of hydrogen-bond acceptors (Lipinski definition) is 4. The molecule has 1 amide bonds. The van der Waals surface area contributed by atoms with Gasteiger partial charge >= 0.3 is 5.97 Å². The highest BCUT2D eigenvalue weighted by atomic mass is 16.4. The van der Waals surface area contributed by atoms with E-state index in [0.29, 0.717) is 38.5 Å². The van der Waals surface area contributed by atoms with Crippen LogP contribution in [0.25, 0.3) is 0 Å². The molecule has 120 valence electrons. The molecule has 6 heteroatoms. The van der Waals surface area contributed by atoms with E-state index in [-0.39, 0.29) is 12.5 Å². The minimum atomic E-state index is -0.801. The second kappa shape index (κ2) is 6.91. The smallest absolute Gasteiger partial charge is 0.311 e. The number of carboxylic acids is 1. The van der Waals surface area contributed by atoms with Gasteiger partial charge in [0.05, 0.1) is 5.41 Å². The van der Waals surface area contributed by atoms with Crippen molar-refractivity contribution in [2.45, 2.75) is 63.5 Å². The molecular weight excluding hydrogens is 282 g/mol. The fourth-order valence-electron chi connectivity index (χ4n) is 3.03. The summed E-state index contributed by atoms with van der Waals surface area (Å²) in [4.78, 5) is 23.5. The Hall–Kier alpha value is -1.90. The van der Waals surface area contributed by atoms with Gasteiger partial charge in [-0.05, 0) is 12.8 Å². The summed E-state index contributed by atoms with van der Waals surface area (Å²) in [6, 6.07) is 0. The zero-order chi connectivity index (χ0) is 16.1. The number of aliphatic carboxylic acids is 1. The van der Waals surface area contributed by atoms with Crippen LogP contribution in [0.4, 0.5) is 0 Å². The van der Waals surface area contributed by atoms with Gasteiger partial charge in [0.25, 0.3) is 0 Å². The molecule has 0 bridgehead atoms. The first-order valence-corrected chi connectivity index (χ1v) is 7.90. The lowest BCUT2D eigenvalue weighted by atomic mass is 9.74. The summed E-state index contributed by atoms with van der Waals surface area (Å²) in [5, 5.41) is 20.2. The Bertz CT molecular complexity index is 495. The van der Waals surface area contributed by atoms with E-state index in [1.807, 2.05) is 0 Å². The van der Waals surface area contributed by atoms with Crippen LogP contribution in [0.15, 0.2) is 10.2 Å². The molecule has 2 N–H and O–H groups in total. The molecule has 2 rings (SSSR count). The van der Waals surface area contributed by atoms with Gasteiger partial charge in [-0.15, -0.1) is 12.3 Å². The summed E-state index contributed by atoms with van der Waals surface area (Å²) in [7, 11) is 0. The van der Waals surface area contributed by atoms with E-state index in [0.717, 1.165) is 19.3 Å². The van der Waals surface area contributed by atoms with Crippen LogP contribution in [0.1, 0.15) is 57.8 Å². The van der Waals surface area contributed by atoms with Crippen molar-refractivity contribution in [2.75, 3.05) is 6.54 Å². The lowest BCUT2D eigenvalue weighted by Gasteiger charge is -2.33. The van der Waals surface area contributed by atoms with Crippen LogP contribution in [0.3, 0.4) is 0 Å². The SMILES string of the molecule is C#CCCC1(CCC(=O)NCC2(C(=O)O)CCCCC2)N=N1. The van der Waals surface area contributed by atoms with E-state index in [1.54, 1.807) is 0 Å². The quantitative estimate of drug-likeness (QED) is 0.675. The number of amides is 1. The highest BCUT2D eigenvalue weighted by molar-refractivity contribution is 5.79. The van der Waals surface area contributed by atoms with Gasteiger partial charge in [0.1, 0.15) is 0 Å². The number of nitrogens with one attached hydrogen (secondary N) is 1. The minimum Gasteiger partial charge on any atom is -0.481 e. The van der Waals surface area contributed by atoms with Gasteiger partial charge in [-0.1, -0.05) is 19.3 Å². The number of terminal acetylenes is 1. The predicted molar refractivity (Wildman–Crippen MR) is 81.1 cm³/mol. The molecule has 0 radical (unpaired) electrons. The number of carbonyl (C=O) groups excluding carboxylic acids is 1. The summed E-state index contributed by atoms with van der Waals surface area (Å²) in [5.41, 5.74) is -1.25. The molecule has 2 aliphatic rings. The molecule has 0 spiro atoms. The Morgan fingerprint density at radius 1 is 1.18 bits per heavy atom. The van der Waals surface area contributed by atoms with E-state index in [9.17, 15) is 14.7 Å². The van der Waals surface area contributed by atoms with Crippen molar-refractivity contribution in [1.29, 1.82) is 0 Å². The molecule has 0 atom stereocenters. The maximum Gasteiger partial charge on any atom is 0.311 e. The molecule has 0 saturated heterocycles. The molecule has 0 aromatic carbocycles. The average Bonchev–Trinajstić information content (AvgIpc) is 3.30. The van der Waals surface area contributed by atoms with Crippen LogP contribution in [0.2, 0.25) is 0 Å². The fourth-order valence-corrected chi connectivity index (χ4v) is 3.03. The third-order valence-corrected chi connectivity index (χ3v) is 4.69. The molecule has 1 aliphatic carbocycles. The molecule has 1 heterocycles. The van der Waals surface area contributed by atoms with Gasteiger partial charge < -0.3 is 10.4 Å². The Kier molecular flexibility index (Phi) is 5.17. The van der Waals surface area contributed by atoms with Crippen molar-refractivity contribution in [3.05, 3.63) is 0 Å². The summed E-state index contributed by atoms with van der Waals surface area (Å²) in [6.07, 6.45) is 11.5. The fraction of sp³-hybridized carbons (Fsp3) is 0.750. The maximum atomic E-state index is 12.0. The van der Waals surface area contributed by atoms with Gasteiger partial charge in [-0.3, -0.25) is 9.59 Å². The lowest BCUT2D eigenvalue weighted by Crippen LogP contribution is -2.44. The third-order valence-electron chi connectivity index (χ3n) is 4.69. The standard InChI is InChI=1S/C16H23N3O3/c1-2-3-10-16(18-19-16)11-7-13(20)17-12-15(14(21)22)8-5-4-6-9-15/h1H,3-12H2,(H,17,20)(H,21,22). The number of hydrogen-bond donors (Lipinski definition) is 2. The number of nitrogens with zero attached hydrogens (tertiary/aromatic N) is 2. The van der Waals surface area contributed by atoms with E-state index in [4.69, 9.17) is 6.42 Å². The first kappa shape index (κ1) is 16.5. The monoisotopic (exact) mass is 305 g/mol. The molecule has 1 fully saturated rings. The van der Waals surface area contributed by atoms with E-state index < -0.39 is 17.0 Å². The third kappa shape index (κ3) is 4.06. The lowest BCUT2D eigenvalue weighted by molar-refractivity contribution is -0.151. The first-order chi connectivity index (χ1) is 10.5. The second-order valence-corrected chi connectivity index (χ2v) is 6.31. The van der Waals surface area contributed by atoms with E-state index in [1.165, 1.54) is 0 Å². The van der Waals surface area contributed by atoms with Crippen molar-refractivity contribution in [2.24, 2.45) is 15.6 Å². The van der Waals surface area contributed by atoms with Crippen LogP contribution in [-0.2, 0) is 9.59 Å². The normalized spacial score (nSPS) is 20.9. The molecule has 0 aromatic heterocycles. The predicted octanol–water partition coefficient (Wildman–Crippen LogP) is 2.49. The van der Waals surface area contributed by atoms with Crippen LogP contribution in [0.5, 0.6) is 0 Å². The zero-order valence-electron chi connectivity index (χ0n) is 12.8. The van der Waals surface area contributed by atoms with Crippen LogP contribution in [0, 0.1) is 17.8 Å². The highest BCUT2D eigenvalue weighted by Crippen LogP contribution is 2.38. The Labute approximate surface area is 130 Å². The van der Waals surface area contributed by atoms with Crippen molar-refractivity contribution in [3.63, 3.8) is 0 Å². The molecular formula is C16H23N3O3. The van der Waals surface area contributed by atoms with Crippen molar-refractivity contribution in [1.82, 2.24) is 5.32 Å². The summed E-state index contributed by atoms with van der Waals surface area (Å²) in [5.74, 6) is 1.61. The van der Waals surface area contributed by atoms with Crippen molar-refractivity contribution in [3.8, 4) is 12.3 Å². The molecule has 6 nitrogen and oxygen atoms in total. The van der Waals surface area contributed by atoms with Gasteiger partial charge in [0, 0.05) is 32.2 Å². The molecule has 0 unspecified atom stereocenters. The van der Waals surface area contributed by atoms with E-state index >= 15 is 0 Å². The van der Waals surface area contributed by atoms with Gasteiger partial charge in [-0.25, -0.2) is 0 Å². The van der Waals surface area contributed by atoms with Gasteiger partial charge in [0.2, 0.25) is 5.91 Å². The first-order valence-electron chi connectivity index (χ1n) is 7.90. The average molecular weight is 305 g/mol. The molecule has 1 aliphatic heterocycles. The van der Waals surface area contributed by atoms with Gasteiger partial charge in [-0.2, -0.15) is 10.2 Å². The minimum absolute atomic E-state index is 0.136. The Balaban J connectivity index is 1.75. The maximum absolute atomic E-state index is 12.0. The molecule has 0 aromatic rings. The number of carboxylic acid groups (broad SMARTS) is 1. The Morgan fingerprint density at radius 3 is 2.41 bits per heavy atom. The van der Waals surface area contributed by atoms with Crippen molar-refractivity contribution < 1.29 is 14.7 Å². The summed E-state index contributed by atoms with van der Waals surface area (Å²) >= 11 is 0. The summed E-state index contributed by atoms with van der Waals surface area (Å²) < 4.78 is 0. The van der Waals surface area contributed by atoms with Crippen LogP contribution >= 0.6 is 0 Å². The van der Waals surface area contributed by atoms with Crippen molar-refractivity contribution >= 4 is 11.9 Å². The second-order valence-electron chi connectivity index (χ2n) is 6.31. The molecule has 22 heavy (non-hydrogen) atoms. The van der Waals surface area contributed by atoms with Gasteiger partial charge in [0.15, 0.2) is 5.66 Å². The largest absolute Gasteiger partial charge is 0.481 e. The number of rotatable bonds is 8. The highest BCUT2D eigenvalue weighted by Gasteiger charge is 2.41. The topological polar surface area (TPSA) is 91.1 Å². The van der Waals surface area contributed by atoms with E-state index in [2.05, 4.69) is 21.5 Å².